The number of rotatable bonds is 3. The first-order valence-corrected chi connectivity index (χ1v) is 9.46. The molecule has 0 spiro atoms. The Hall–Kier alpha value is -3.28. The summed E-state index contributed by atoms with van der Waals surface area (Å²) in [5.74, 6) is 1.22. The average molecular weight is 372 g/mol. The minimum Gasteiger partial charge on any atom is -0.334 e. The van der Waals surface area contributed by atoms with Crippen molar-refractivity contribution in [2.75, 3.05) is 0 Å². The van der Waals surface area contributed by atoms with E-state index < -0.39 is 0 Å². The molecule has 0 bridgehead atoms. The van der Waals surface area contributed by atoms with Crippen LogP contribution in [0.25, 0.3) is 22.5 Å². The molecular weight excluding hydrogens is 352 g/mol. The van der Waals surface area contributed by atoms with Gasteiger partial charge >= 0.3 is 0 Å². The molecule has 0 N–H and O–H groups in total. The fourth-order valence-corrected chi connectivity index (χ4v) is 4.07. The van der Waals surface area contributed by atoms with Crippen molar-refractivity contribution >= 4 is 11.0 Å². The average Bonchev–Trinajstić information content (AvgIpc) is 3.16. The van der Waals surface area contributed by atoms with Gasteiger partial charge in [-0.05, 0) is 43.5 Å². The molecule has 0 unspecified atom stereocenters. The summed E-state index contributed by atoms with van der Waals surface area (Å²) in [6.07, 6.45) is 3.21. The molecule has 0 atom stereocenters. The molecule has 1 saturated carbocycles. The first-order valence-electron chi connectivity index (χ1n) is 9.46. The topological polar surface area (TPSA) is 73.8 Å². The highest BCUT2D eigenvalue weighted by atomic mass is 16.5. The van der Waals surface area contributed by atoms with Gasteiger partial charge in [0.2, 0.25) is 0 Å². The number of hydrogen-bond acceptors (Lipinski definition) is 5. The number of benzene rings is 2. The van der Waals surface area contributed by atoms with E-state index in [1.165, 1.54) is 5.56 Å². The molecule has 140 valence electrons. The third-order valence-electron chi connectivity index (χ3n) is 5.87. The van der Waals surface area contributed by atoms with E-state index in [2.05, 4.69) is 34.4 Å². The van der Waals surface area contributed by atoms with Gasteiger partial charge in [-0.15, -0.1) is 0 Å². The van der Waals surface area contributed by atoms with Crippen molar-refractivity contribution in [2.45, 2.75) is 31.6 Å². The highest BCUT2D eigenvalue weighted by Crippen LogP contribution is 2.48. The van der Waals surface area contributed by atoms with Crippen LogP contribution in [-0.2, 0) is 12.5 Å². The van der Waals surface area contributed by atoms with Crippen molar-refractivity contribution in [3.05, 3.63) is 76.0 Å². The number of aryl methyl sites for hydroxylation is 2. The molecule has 5 rings (SSSR count). The second-order valence-corrected chi connectivity index (χ2v) is 7.49. The van der Waals surface area contributed by atoms with Gasteiger partial charge in [0.25, 0.3) is 11.4 Å². The Balaban J connectivity index is 1.58. The number of aromatic nitrogens is 4. The van der Waals surface area contributed by atoms with Gasteiger partial charge in [-0.3, -0.25) is 4.79 Å². The number of nitrogens with zero attached hydrogens (tertiary/aromatic N) is 4. The van der Waals surface area contributed by atoms with Crippen molar-refractivity contribution in [1.82, 2.24) is 19.7 Å². The Morgan fingerprint density at radius 2 is 1.86 bits per heavy atom. The van der Waals surface area contributed by atoms with Gasteiger partial charge in [-0.1, -0.05) is 41.9 Å². The molecule has 4 aromatic rings. The summed E-state index contributed by atoms with van der Waals surface area (Å²) >= 11 is 0. The minimum atomic E-state index is -0.154. The third-order valence-corrected chi connectivity index (χ3v) is 5.87. The number of fused-ring (bicyclic) bond motifs is 1. The highest BCUT2D eigenvalue weighted by Gasteiger charge is 2.44. The van der Waals surface area contributed by atoms with Gasteiger partial charge in [-0.2, -0.15) is 4.98 Å². The van der Waals surface area contributed by atoms with Crippen LogP contribution in [0.1, 0.15) is 36.3 Å². The molecule has 1 aliphatic carbocycles. The molecule has 1 aliphatic rings. The van der Waals surface area contributed by atoms with E-state index in [1.54, 1.807) is 18.5 Å². The summed E-state index contributed by atoms with van der Waals surface area (Å²) in [7, 11) is 1.75. The van der Waals surface area contributed by atoms with Gasteiger partial charge in [0, 0.05) is 12.6 Å². The molecule has 2 aromatic carbocycles. The summed E-state index contributed by atoms with van der Waals surface area (Å²) in [5, 5.41) is 4.33. The van der Waals surface area contributed by atoms with E-state index in [4.69, 9.17) is 9.51 Å². The van der Waals surface area contributed by atoms with Gasteiger partial charge in [0.05, 0.1) is 16.4 Å². The van der Waals surface area contributed by atoms with E-state index in [0.29, 0.717) is 11.6 Å². The van der Waals surface area contributed by atoms with E-state index >= 15 is 0 Å². The van der Waals surface area contributed by atoms with Crippen LogP contribution >= 0.6 is 0 Å². The maximum Gasteiger partial charge on any atom is 0.272 e. The van der Waals surface area contributed by atoms with Crippen molar-refractivity contribution in [3.63, 3.8) is 0 Å². The SMILES string of the molecule is Cc1nc2cc(-c3nc(C4(c5ccccc5)CCC4)no3)ccc2n(C)c1=O. The van der Waals surface area contributed by atoms with E-state index in [-0.39, 0.29) is 11.0 Å². The van der Waals surface area contributed by atoms with E-state index in [0.717, 1.165) is 41.7 Å². The predicted molar refractivity (Wildman–Crippen MR) is 106 cm³/mol. The maximum atomic E-state index is 12.1. The van der Waals surface area contributed by atoms with Crippen molar-refractivity contribution < 1.29 is 4.52 Å². The molecule has 0 amide bonds. The van der Waals surface area contributed by atoms with Gasteiger partial charge in [0.1, 0.15) is 5.69 Å². The fourth-order valence-electron chi connectivity index (χ4n) is 4.07. The molecule has 6 nitrogen and oxygen atoms in total. The lowest BCUT2D eigenvalue weighted by Gasteiger charge is -2.39. The van der Waals surface area contributed by atoms with Crippen LogP contribution < -0.4 is 5.56 Å². The Kier molecular flexibility index (Phi) is 3.69. The summed E-state index contributed by atoms with van der Waals surface area (Å²) < 4.78 is 7.24. The Labute approximate surface area is 161 Å². The zero-order chi connectivity index (χ0) is 19.3. The van der Waals surface area contributed by atoms with E-state index in [9.17, 15) is 4.79 Å². The Bertz CT molecular complexity index is 1240. The summed E-state index contributed by atoms with van der Waals surface area (Å²) in [6, 6.07) is 16.1. The first-order chi connectivity index (χ1) is 13.6. The van der Waals surface area contributed by atoms with Crippen LogP contribution in [-0.4, -0.2) is 19.7 Å². The lowest BCUT2D eigenvalue weighted by Crippen LogP contribution is -2.36. The van der Waals surface area contributed by atoms with E-state index in [1.807, 2.05) is 24.3 Å². The highest BCUT2D eigenvalue weighted by molar-refractivity contribution is 5.80. The molecule has 0 aliphatic heterocycles. The maximum absolute atomic E-state index is 12.1. The lowest BCUT2D eigenvalue weighted by atomic mass is 9.64. The van der Waals surface area contributed by atoms with Crippen LogP contribution in [0, 0.1) is 6.92 Å². The molecule has 28 heavy (non-hydrogen) atoms. The molecule has 0 radical (unpaired) electrons. The summed E-state index contributed by atoms with van der Waals surface area (Å²) in [4.78, 5) is 21.3. The van der Waals surface area contributed by atoms with Crippen molar-refractivity contribution in [2.24, 2.45) is 7.05 Å². The first kappa shape index (κ1) is 16.9. The van der Waals surface area contributed by atoms with Gasteiger partial charge < -0.3 is 9.09 Å². The van der Waals surface area contributed by atoms with Crippen LogP contribution in [0.2, 0.25) is 0 Å². The van der Waals surface area contributed by atoms with Crippen LogP contribution in [0.5, 0.6) is 0 Å². The molecule has 2 aromatic heterocycles. The normalized spacial score (nSPS) is 15.5. The molecular formula is C22H20N4O2. The molecule has 2 heterocycles. The van der Waals surface area contributed by atoms with Crippen LogP contribution in [0.3, 0.4) is 0 Å². The molecule has 0 saturated heterocycles. The Morgan fingerprint density at radius 1 is 1.07 bits per heavy atom. The molecule has 6 heteroatoms. The third kappa shape index (κ3) is 2.41. The van der Waals surface area contributed by atoms with Crippen LogP contribution in [0.15, 0.2) is 57.8 Å². The number of hydrogen-bond donors (Lipinski definition) is 0. The largest absolute Gasteiger partial charge is 0.334 e. The second-order valence-electron chi connectivity index (χ2n) is 7.49. The van der Waals surface area contributed by atoms with Crippen molar-refractivity contribution in [3.8, 4) is 11.5 Å². The summed E-state index contributed by atoms with van der Waals surface area (Å²) in [6.45, 7) is 1.72. The smallest absolute Gasteiger partial charge is 0.272 e. The second kappa shape index (κ2) is 6.12. The lowest BCUT2D eigenvalue weighted by molar-refractivity contribution is 0.273. The fraction of sp³-hybridized carbons (Fsp3) is 0.273. The monoisotopic (exact) mass is 372 g/mol. The zero-order valence-electron chi connectivity index (χ0n) is 15.8. The minimum absolute atomic E-state index is 0.0879. The van der Waals surface area contributed by atoms with Crippen molar-refractivity contribution in [1.29, 1.82) is 0 Å². The van der Waals surface area contributed by atoms with Gasteiger partial charge in [-0.25, -0.2) is 4.98 Å². The van der Waals surface area contributed by atoms with Gasteiger partial charge in [0.15, 0.2) is 5.82 Å². The molecule has 1 fully saturated rings. The quantitative estimate of drug-likeness (QED) is 0.547. The summed E-state index contributed by atoms with van der Waals surface area (Å²) in [5.41, 5.74) is 3.78. The van der Waals surface area contributed by atoms with Crippen LogP contribution in [0.4, 0.5) is 0 Å². The Morgan fingerprint density at radius 3 is 2.57 bits per heavy atom. The predicted octanol–water partition coefficient (Wildman–Crippen LogP) is 3.76. The standard InChI is InChI=1S/C22H20N4O2/c1-14-20(27)26(2)18-10-9-15(13-17(18)23-14)19-24-21(25-28-19)22(11-6-12-22)16-7-4-3-5-8-16/h3-5,7-10,13H,6,11-12H2,1-2H3. The zero-order valence-corrected chi connectivity index (χ0v) is 15.8.